The fourth-order valence-electron chi connectivity index (χ4n) is 3.93. The highest BCUT2D eigenvalue weighted by Gasteiger charge is 2.31. The second-order valence-corrected chi connectivity index (χ2v) is 8.08. The highest BCUT2D eigenvalue weighted by Crippen LogP contribution is 2.44. The van der Waals surface area contributed by atoms with Gasteiger partial charge in [0, 0.05) is 20.0 Å². The van der Waals surface area contributed by atoms with Crippen molar-refractivity contribution in [1.82, 2.24) is 15.5 Å². The maximum atomic E-state index is 12.5. The lowest BCUT2D eigenvalue weighted by Crippen LogP contribution is -2.53. The summed E-state index contributed by atoms with van der Waals surface area (Å²) in [6.07, 6.45) is -1.57. The summed E-state index contributed by atoms with van der Waals surface area (Å²) < 4.78 is 5.39. The van der Waals surface area contributed by atoms with Gasteiger partial charge in [-0.2, -0.15) is 0 Å². The van der Waals surface area contributed by atoms with Gasteiger partial charge in [0.15, 0.2) is 0 Å². The number of nitrogens with zero attached hydrogens (tertiary/aromatic N) is 1. The number of hydrogen-bond donors (Lipinski definition) is 3. The average molecular weight is 453 g/mol. The van der Waals surface area contributed by atoms with Gasteiger partial charge in [0.1, 0.15) is 18.7 Å². The molecule has 1 aliphatic rings. The molecular weight excluding hydrogens is 426 g/mol. The molecule has 9 heteroatoms. The van der Waals surface area contributed by atoms with Crippen LogP contribution in [0.4, 0.5) is 4.79 Å². The van der Waals surface area contributed by atoms with Crippen molar-refractivity contribution in [2.45, 2.75) is 31.3 Å². The molecule has 2 atom stereocenters. The zero-order valence-corrected chi connectivity index (χ0v) is 18.7. The Bertz CT molecular complexity index is 1020. The van der Waals surface area contributed by atoms with Gasteiger partial charge < -0.3 is 25.4 Å². The zero-order chi connectivity index (χ0) is 24.1. The van der Waals surface area contributed by atoms with E-state index in [1.807, 2.05) is 48.5 Å². The van der Waals surface area contributed by atoms with Gasteiger partial charge in [0.05, 0.1) is 6.42 Å². The summed E-state index contributed by atoms with van der Waals surface area (Å²) in [6.45, 7) is 1.50. The van der Waals surface area contributed by atoms with Crippen LogP contribution in [0.15, 0.2) is 48.5 Å². The van der Waals surface area contributed by atoms with E-state index in [2.05, 4.69) is 10.6 Å². The largest absolute Gasteiger partial charge is 0.481 e. The number of carbonyl (C=O) groups excluding carboxylic acids is 3. The van der Waals surface area contributed by atoms with Crippen LogP contribution in [0.25, 0.3) is 11.1 Å². The summed E-state index contributed by atoms with van der Waals surface area (Å²) >= 11 is 0. The fraction of sp³-hybridized carbons (Fsp3) is 0.333. The van der Waals surface area contributed by atoms with Crippen molar-refractivity contribution >= 4 is 23.9 Å². The second kappa shape index (κ2) is 10.2. The zero-order valence-electron chi connectivity index (χ0n) is 18.7. The van der Waals surface area contributed by atoms with Crippen molar-refractivity contribution in [3.8, 4) is 11.1 Å². The quantitative estimate of drug-likeness (QED) is 0.561. The third-order valence-electron chi connectivity index (χ3n) is 5.50. The van der Waals surface area contributed by atoms with E-state index in [0.29, 0.717) is 0 Å². The first-order valence-corrected chi connectivity index (χ1v) is 10.5. The molecular formula is C24H27N3O6. The molecule has 2 unspecified atom stereocenters. The number of amides is 3. The number of carboxylic acids is 1. The van der Waals surface area contributed by atoms with E-state index in [9.17, 15) is 19.2 Å². The molecule has 0 fully saturated rings. The van der Waals surface area contributed by atoms with Crippen molar-refractivity contribution in [3.05, 3.63) is 59.7 Å². The molecule has 33 heavy (non-hydrogen) atoms. The summed E-state index contributed by atoms with van der Waals surface area (Å²) in [6, 6.07) is 13.4. The van der Waals surface area contributed by atoms with Crippen LogP contribution in [0.3, 0.4) is 0 Å². The summed E-state index contributed by atoms with van der Waals surface area (Å²) in [7, 11) is 3.07. The number of rotatable bonds is 8. The van der Waals surface area contributed by atoms with E-state index in [-0.39, 0.29) is 18.4 Å². The van der Waals surface area contributed by atoms with E-state index < -0.39 is 36.5 Å². The van der Waals surface area contributed by atoms with Gasteiger partial charge in [0.2, 0.25) is 11.8 Å². The Labute approximate surface area is 191 Å². The van der Waals surface area contributed by atoms with Gasteiger partial charge >= 0.3 is 12.1 Å². The lowest BCUT2D eigenvalue weighted by atomic mass is 9.98. The van der Waals surface area contributed by atoms with E-state index in [0.717, 1.165) is 22.3 Å². The van der Waals surface area contributed by atoms with Crippen molar-refractivity contribution in [2.75, 3.05) is 20.7 Å². The number of benzene rings is 2. The second-order valence-electron chi connectivity index (χ2n) is 8.08. The lowest BCUT2D eigenvalue weighted by molar-refractivity contribution is -0.140. The highest BCUT2D eigenvalue weighted by molar-refractivity contribution is 5.93. The number of carboxylic acid groups (broad SMARTS) is 1. The molecule has 174 valence electrons. The Balaban J connectivity index is 1.66. The third-order valence-corrected chi connectivity index (χ3v) is 5.50. The molecule has 9 nitrogen and oxygen atoms in total. The molecule has 0 aliphatic heterocycles. The van der Waals surface area contributed by atoms with Gasteiger partial charge in [-0.3, -0.25) is 14.4 Å². The van der Waals surface area contributed by atoms with E-state index in [1.165, 1.54) is 25.9 Å². The van der Waals surface area contributed by atoms with Crippen LogP contribution in [0, 0.1) is 0 Å². The van der Waals surface area contributed by atoms with Gasteiger partial charge in [-0.25, -0.2) is 4.79 Å². The van der Waals surface area contributed by atoms with E-state index >= 15 is 0 Å². The van der Waals surface area contributed by atoms with Crippen molar-refractivity contribution < 1.29 is 29.0 Å². The van der Waals surface area contributed by atoms with Crippen molar-refractivity contribution in [1.29, 1.82) is 0 Å². The van der Waals surface area contributed by atoms with Crippen LogP contribution < -0.4 is 10.6 Å². The molecule has 0 bridgehead atoms. The Hall–Kier alpha value is -3.88. The van der Waals surface area contributed by atoms with Gasteiger partial charge in [-0.15, -0.1) is 0 Å². The Morgan fingerprint density at radius 3 is 2.03 bits per heavy atom. The van der Waals surface area contributed by atoms with Crippen molar-refractivity contribution in [3.63, 3.8) is 0 Å². The van der Waals surface area contributed by atoms with E-state index in [1.54, 1.807) is 0 Å². The minimum atomic E-state index is -1.39. The summed E-state index contributed by atoms with van der Waals surface area (Å²) in [5.41, 5.74) is 4.21. The predicted octanol–water partition coefficient (Wildman–Crippen LogP) is 1.96. The lowest BCUT2D eigenvalue weighted by Gasteiger charge is -2.22. The molecule has 0 saturated carbocycles. The van der Waals surface area contributed by atoms with Crippen molar-refractivity contribution in [2.24, 2.45) is 0 Å². The van der Waals surface area contributed by atoms with Crippen LogP contribution in [0.5, 0.6) is 0 Å². The number of nitrogens with one attached hydrogen (secondary N) is 2. The van der Waals surface area contributed by atoms with Crippen LogP contribution >= 0.6 is 0 Å². The maximum Gasteiger partial charge on any atom is 0.407 e. The summed E-state index contributed by atoms with van der Waals surface area (Å²) in [5, 5.41) is 13.9. The number of carbonyl (C=O) groups is 4. The molecule has 0 radical (unpaired) electrons. The van der Waals surface area contributed by atoms with Gasteiger partial charge in [0.25, 0.3) is 0 Å². The van der Waals surface area contributed by atoms with Crippen LogP contribution in [0.2, 0.25) is 0 Å². The Morgan fingerprint density at radius 2 is 1.52 bits per heavy atom. The standard InChI is InChI=1S/C24H27N3O6/c1-14(23(31)27(2)3)25-22(30)20(12-21(28)29)26-24(32)33-13-19-17-10-6-4-8-15(17)16-9-5-7-11-18(16)19/h4-11,14,19-20H,12-13H2,1-3H3,(H,25,30)(H,26,32)(H,28,29). The van der Waals surface area contributed by atoms with Crippen LogP contribution in [-0.4, -0.2) is 66.7 Å². The van der Waals surface area contributed by atoms with Gasteiger partial charge in [-0.05, 0) is 29.2 Å². The first kappa shape index (κ1) is 23.8. The SMILES string of the molecule is CC(NC(=O)C(CC(=O)O)NC(=O)OCC1c2ccccc2-c2ccccc21)C(=O)N(C)C. The maximum absolute atomic E-state index is 12.5. The number of ether oxygens (including phenoxy) is 1. The molecule has 0 aromatic heterocycles. The predicted molar refractivity (Wildman–Crippen MR) is 121 cm³/mol. The highest BCUT2D eigenvalue weighted by atomic mass is 16.5. The minimum absolute atomic E-state index is 0.0246. The first-order valence-electron chi connectivity index (χ1n) is 10.5. The smallest absolute Gasteiger partial charge is 0.407 e. The number of likely N-dealkylation sites (N-methyl/N-ethyl adjacent to an activating group) is 1. The molecule has 0 spiro atoms. The molecule has 0 heterocycles. The number of hydrogen-bond acceptors (Lipinski definition) is 5. The molecule has 3 rings (SSSR count). The molecule has 0 saturated heterocycles. The van der Waals surface area contributed by atoms with E-state index in [4.69, 9.17) is 9.84 Å². The minimum Gasteiger partial charge on any atom is -0.481 e. The molecule has 3 N–H and O–H groups in total. The van der Waals surface area contributed by atoms with Crippen LogP contribution in [0.1, 0.15) is 30.4 Å². The summed E-state index contributed by atoms with van der Waals surface area (Å²) in [5.74, 6) is -2.60. The van der Waals surface area contributed by atoms with Gasteiger partial charge in [-0.1, -0.05) is 48.5 Å². The Morgan fingerprint density at radius 1 is 0.970 bits per heavy atom. The molecule has 2 aromatic rings. The molecule has 1 aliphatic carbocycles. The number of fused-ring (bicyclic) bond motifs is 3. The van der Waals surface area contributed by atoms with Crippen LogP contribution in [-0.2, 0) is 19.1 Å². The summed E-state index contributed by atoms with van der Waals surface area (Å²) in [4.78, 5) is 49.5. The normalized spacial score (nSPS) is 13.8. The monoisotopic (exact) mass is 453 g/mol. The third kappa shape index (κ3) is 5.49. The molecule has 3 amide bonds. The first-order chi connectivity index (χ1) is 15.7. The topological polar surface area (TPSA) is 125 Å². The molecule has 2 aromatic carbocycles. The Kier molecular flexibility index (Phi) is 7.32. The number of alkyl carbamates (subject to hydrolysis) is 1. The number of aliphatic carboxylic acids is 1. The fourth-order valence-corrected chi connectivity index (χ4v) is 3.93. The average Bonchev–Trinajstić information content (AvgIpc) is 3.10.